The zero-order valence-corrected chi connectivity index (χ0v) is 15.5. The Kier molecular flexibility index (Phi) is 6.10. The van der Waals surface area contributed by atoms with Crippen molar-refractivity contribution in [1.29, 1.82) is 0 Å². The first kappa shape index (κ1) is 18.3. The molecular weight excluding hydrogens is 286 g/mol. The summed E-state index contributed by atoms with van der Waals surface area (Å²) in [5.41, 5.74) is 1.90. The van der Waals surface area contributed by atoms with E-state index in [9.17, 15) is 0 Å². The fraction of sp³-hybridized carbons (Fsp3) is 0.700. The molecule has 0 N–H and O–H groups in total. The molecule has 23 heavy (non-hydrogen) atoms. The van der Waals surface area contributed by atoms with E-state index in [4.69, 9.17) is 9.47 Å². The lowest BCUT2D eigenvalue weighted by Crippen LogP contribution is -2.38. The van der Waals surface area contributed by atoms with Crippen molar-refractivity contribution >= 4 is 0 Å². The fourth-order valence-corrected chi connectivity index (χ4v) is 3.55. The standard InChI is InChI=1S/C20H33NO2/c1-19(2,3)16-20(4,5)17-6-8-18(9-7-17)23-15-12-21-10-13-22-14-11-21/h6-9H,10-16H2,1-5H3. The van der Waals surface area contributed by atoms with Crippen LogP contribution in [0.2, 0.25) is 0 Å². The van der Waals surface area contributed by atoms with Crippen LogP contribution < -0.4 is 4.74 Å². The molecule has 0 saturated carbocycles. The van der Waals surface area contributed by atoms with E-state index in [1.807, 2.05) is 0 Å². The van der Waals surface area contributed by atoms with Crippen LogP contribution in [0, 0.1) is 5.41 Å². The molecule has 2 rings (SSSR count). The van der Waals surface area contributed by atoms with Crippen LogP contribution in [-0.2, 0) is 10.2 Å². The molecule has 0 atom stereocenters. The van der Waals surface area contributed by atoms with E-state index in [0.717, 1.165) is 51.6 Å². The second-order valence-corrected chi connectivity index (χ2v) is 8.45. The molecule has 3 nitrogen and oxygen atoms in total. The van der Waals surface area contributed by atoms with Crippen molar-refractivity contribution in [2.75, 3.05) is 39.5 Å². The zero-order chi connectivity index (χ0) is 16.9. The third-order valence-corrected chi connectivity index (χ3v) is 4.39. The van der Waals surface area contributed by atoms with Gasteiger partial charge < -0.3 is 9.47 Å². The Balaban J connectivity index is 1.84. The maximum Gasteiger partial charge on any atom is 0.119 e. The van der Waals surface area contributed by atoms with Gasteiger partial charge in [0.1, 0.15) is 12.4 Å². The molecule has 0 radical (unpaired) electrons. The quantitative estimate of drug-likeness (QED) is 0.787. The minimum atomic E-state index is 0.185. The molecule has 0 bridgehead atoms. The highest BCUT2D eigenvalue weighted by Crippen LogP contribution is 2.36. The summed E-state index contributed by atoms with van der Waals surface area (Å²) >= 11 is 0. The van der Waals surface area contributed by atoms with Crippen LogP contribution in [0.25, 0.3) is 0 Å². The molecule has 0 amide bonds. The van der Waals surface area contributed by atoms with Crippen LogP contribution in [0.4, 0.5) is 0 Å². The summed E-state index contributed by atoms with van der Waals surface area (Å²) in [7, 11) is 0. The summed E-state index contributed by atoms with van der Waals surface area (Å²) in [5.74, 6) is 0.966. The van der Waals surface area contributed by atoms with Crippen molar-refractivity contribution in [2.24, 2.45) is 5.41 Å². The average Bonchev–Trinajstić information content (AvgIpc) is 2.46. The first-order chi connectivity index (χ1) is 10.8. The second-order valence-electron chi connectivity index (χ2n) is 8.45. The van der Waals surface area contributed by atoms with Gasteiger partial charge >= 0.3 is 0 Å². The topological polar surface area (TPSA) is 21.7 Å². The number of morpholine rings is 1. The van der Waals surface area contributed by atoms with Crippen molar-refractivity contribution in [2.45, 2.75) is 46.5 Å². The molecular formula is C20H33NO2. The highest BCUT2D eigenvalue weighted by molar-refractivity contribution is 5.31. The van der Waals surface area contributed by atoms with Crippen molar-refractivity contribution in [1.82, 2.24) is 4.90 Å². The van der Waals surface area contributed by atoms with Crippen molar-refractivity contribution < 1.29 is 9.47 Å². The normalized spacial score (nSPS) is 17.3. The molecule has 1 aliphatic heterocycles. The van der Waals surface area contributed by atoms with Gasteiger partial charge in [0.25, 0.3) is 0 Å². The first-order valence-corrected chi connectivity index (χ1v) is 8.80. The molecule has 0 spiro atoms. The smallest absolute Gasteiger partial charge is 0.119 e. The minimum Gasteiger partial charge on any atom is -0.492 e. The van der Waals surface area contributed by atoms with E-state index in [-0.39, 0.29) is 5.41 Å². The third kappa shape index (κ3) is 6.15. The summed E-state index contributed by atoms with van der Waals surface area (Å²) in [4.78, 5) is 2.39. The first-order valence-electron chi connectivity index (χ1n) is 8.80. The van der Waals surface area contributed by atoms with Crippen LogP contribution in [-0.4, -0.2) is 44.4 Å². The van der Waals surface area contributed by atoms with Crippen LogP contribution >= 0.6 is 0 Å². The third-order valence-electron chi connectivity index (χ3n) is 4.39. The second kappa shape index (κ2) is 7.67. The predicted molar refractivity (Wildman–Crippen MR) is 96.3 cm³/mol. The maximum atomic E-state index is 5.89. The number of ether oxygens (including phenoxy) is 2. The number of hydrogen-bond acceptors (Lipinski definition) is 3. The van der Waals surface area contributed by atoms with Gasteiger partial charge in [0.05, 0.1) is 13.2 Å². The van der Waals surface area contributed by atoms with Crippen molar-refractivity contribution in [3.05, 3.63) is 29.8 Å². The Bertz CT molecular complexity index is 467. The lowest BCUT2D eigenvalue weighted by molar-refractivity contribution is 0.0322. The summed E-state index contributed by atoms with van der Waals surface area (Å²) in [5, 5.41) is 0. The van der Waals surface area contributed by atoms with Crippen LogP contribution in [0.5, 0.6) is 5.75 Å². The molecule has 1 aromatic carbocycles. The number of hydrogen-bond donors (Lipinski definition) is 0. The van der Waals surface area contributed by atoms with Crippen molar-refractivity contribution in [3.8, 4) is 5.75 Å². The van der Waals surface area contributed by atoms with Gasteiger partial charge in [-0.2, -0.15) is 0 Å². The number of benzene rings is 1. The Morgan fingerprint density at radius 1 is 1.00 bits per heavy atom. The van der Waals surface area contributed by atoms with Crippen LogP contribution in [0.1, 0.15) is 46.6 Å². The summed E-state index contributed by atoms with van der Waals surface area (Å²) in [6.45, 7) is 17.0. The van der Waals surface area contributed by atoms with Gasteiger partial charge in [0.15, 0.2) is 0 Å². The van der Waals surface area contributed by atoms with E-state index in [1.165, 1.54) is 5.56 Å². The number of rotatable bonds is 6. The van der Waals surface area contributed by atoms with E-state index >= 15 is 0 Å². The van der Waals surface area contributed by atoms with E-state index in [0.29, 0.717) is 5.41 Å². The Morgan fingerprint density at radius 2 is 1.61 bits per heavy atom. The van der Waals surface area contributed by atoms with Crippen LogP contribution in [0.3, 0.4) is 0 Å². The average molecular weight is 319 g/mol. The number of nitrogens with zero attached hydrogens (tertiary/aromatic N) is 1. The highest BCUT2D eigenvalue weighted by atomic mass is 16.5. The molecule has 0 aromatic heterocycles. The van der Waals surface area contributed by atoms with E-state index in [2.05, 4.69) is 63.8 Å². The van der Waals surface area contributed by atoms with E-state index < -0.39 is 0 Å². The molecule has 1 aromatic rings. The molecule has 1 saturated heterocycles. The molecule has 1 fully saturated rings. The van der Waals surface area contributed by atoms with Gasteiger partial charge in [0.2, 0.25) is 0 Å². The predicted octanol–water partition coefficient (Wildman–Crippen LogP) is 4.11. The van der Waals surface area contributed by atoms with Gasteiger partial charge in [-0.05, 0) is 34.9 Å². The zero-order valence-electron chi connectivity index (χ0n) is 15.5. The van der Waals surface area contributed by atoms with E-state index in [1.54, 1.807) is 0 Å². The highest BCUT2D eigenvalue weighted by Gasteiger charge is 2.27. The largest absolute Gasteiger partial charge is 0.492 e. The Labute approximate surface area is 142 Å². The fourth-order valence-electron chi connectivity index (χ4n) is 3.55. The van der Waals surface area contributed by atoms with Crippen molar-refractivity contribution in [3.63, 3.8) is 0 Å². The maximum absolute atomic E-state index is 5.89. The van der Waals surface area contributed by atoms with Gasteiger partial charge in [-0.15, -0.1) is 0 Å². The molecule has 3 heteroatoms. The summed E-state index contributed by atoms with van der Waals surface area (Å²) in [6, 6.07) is 8.66. The summed E-state index contributed by atoms with van der Waals surface area (Å²) in [6.07, 6.45) is 1.16. The minimum absolute atomic E-state index is 0.185. The lowest BCUT2D eigenvalue weighted by atomic mass is 9.72. The molecule has 130 valence electrons. The Morgan fingerprint density at radius 3 is 2.17 bits per heavy atom. The summed E-state index contributed by atoms with van der Waals surface area (Å²) < 4.78 is 11.3. The van der Waals surface area contributed by atoms with Gasteiger partial charge in [-0.3, -0.25) is 4.90 Å². The van der Waals surface area contributed by atoms with Crippen LogP contribution in [0.15, 0.2) is 24.3 Å². The molecule has 1 aliphatic rings. The monoisotopic (exact) mass is 319 g/mol. The van der Waals surface area contributed by atoms with Gasteiger partial charge in [0, 0.05) is 19.6 Å². The van der Waals surface area contributed by atoms with Gasteiger partial charge in [-0.25, -0.2) is 0 Å². The Hall–Kier alpha value is -1.06. The molecule has 1 heterocycles. The molecule has 0 unspecified atom stereocenters. The lowest BCUT2D eigenvalue weighted by Gasteiger charge is -2.33. The van der Waals surface area contributed by atoms with Gasteiger partial charge in [-0.1, -0.05) is 46.8 Å². The SMILES string of the molecule is CC(C)(C)CC(C)(C)c1ccc(OCCN2CCOCC2)cc1. The molecule has 0 aliphatic carbocycles.